The molecule has 0 radical (unpaired) electrons. The van der Waals surface area contributed by atoms with Gasteiger partial charge in [-0.2, -0.15) is 0 Å². The summed E-state index contributed by atoms with van der Waals surface area (Å²) in [5.74, 6) is 0.715. The number of para-hydroxylation sites is 1. The highest BCUT2D eigenvalue weighted by Gasteiger charge is 2.24. The van der Waals surface area contributed by atoms with Crippen LogP contribution < -0.4 is 10.1 Å². The molecule has 1 amide bonds. The molecule has 4 aromatic carbocycles. The number of ether oxygens (including phenoxy) is 1. The standard InChI is InChI=1S/C27H18I2N2O2S/c28-22-13-17(15-24-26(32)31-27(34-24)30-20-10-2-1-3-11-20)14-23(29)25(22)33-16-19-9-6-8-18-7-4-5-12-21(18)19/h1-15H,16H2,(H,30,31,32)/b24-15+. The van der Waals surface area contributed by atoms with Gasteiger partial charge in [-0.05, 0) is 109 Å². The Morgan fingerprint density at radius 1 is 0.912 bits per heavy atom. The van der Waals surface area contributed by atoms with Crippen molar-refractivity contribution in [3.63, 3.8) is 0 Å². The molecule has 0 saturated carbocycles. The maximum atomic E-state index is 12.5. The number of amidine groups is 1. The SMILES string of the molecule is O=C1NC(=Nc2ccccc2)S/C1=C/c1cc(I)c(OCc2cccc3ccccc23)c(I)c1. The second-order valence-electron chi connectivity index (χ2n) is 7.56. The third-order valence-corrected chi connectivity index (χ3v) is 7.72. The number of hydrogen-bond acceptors (Lipinski definition) is 4. The Kier molecular flexibility index (Phi) is 7.21. The molecule has 1 N–H and O–H groups in total. The summed E-state index contributed by atoms with van der Waals surface area (Å²) >= 11 is 5.93. The van der Waals surface area contributed by atoms with Gasteiger partial charge < -0.3 is 10.1 Å². The molecule has 0 unspecified atom stereocenters. The van der Waals surface area contributed by atoms with Gasteiger partial charge in [0.25, 0.3) is 5.91 Å². The summed E-state index contributed by atoms with van der Waals surface area (Å²) in [7, 11) is 0. The number of nitrogens with zero attached hydrogens (tertiary/aromatic N) is 1. The van der Waals surface area contributed by atoms with Crippen molar-refractivity contribution in [1.29, 1.82) is 0 Å². The fraction of sp³-hybridized carbons (Fsp3) is 0.0370. The molecule has 1 aliphatic rings. The normalized spacial score (nSPS) is 15.8. The van der Waals surface area contributed by atoms with E-state index in [0.717, 1.165) is 29.7 Å². The fourth-order valence-corrected chi connectivity index (χ4v) is 6.59. The molecule has 1 saturated heterocycles. The van der Waals surface area contributed by atoms with Crippen LogP contribution in [-0.2, 0) is 11.4 Å². The van der Waals surface area contributed by atoms with Crippen molar-refractivity contribution in [2.45, 2.75) is 6.61 Å². The molecule has 1 aliphatic heterocycles. The van der Waals surface area contributed by atoms with Crippen molar-refractivity contribution in [1.82, 2.24) is 5.32 Å². The molecule has 5 rings (SSSR count). The Bertz CT molecular complexity index is 1420. The smallest absolute Gasteiger partial charge is 0.264 e. The van der Waals surface area contributed by atoms with Crippen LogP contribution in [0.3, 0.4) is 0 Å². The molecule has 4 nitrogen and oxygen atoms in total. The van der Waals surface area contributed by atoms with Crippen molar-refractivity contribution < 1.29 is 9.53 Å². The first-order chi connectivity index (χ1) is 16.6. The third kappa shape index (κ3) is 5.31. The number of benzene rings is 4. The van der Waals surface area contributed by atoms with Gasteiger partial charge in [0.15, 0.2) is 5.17 Å². The number of halogens is 2. The average Bonchev–Trinajstić information content (AvgIpc) is 3.17. The highest BCUT2D eigenvalue weighted by atomic mass is 127. The zero-order valence-electron chi connectivity index (χ0n) is 17.8. The molecule has 0 bridgehead atoms. The largest absolute Gasteiger partial charge is 0.487 e. The van der Waals surface area contributed by atoms with Crippen LogP contribution in [0.5, 0.6) is 5.75 Å². The Morgan fingerprint density at radius 3 is 2.41 bits per heavy atom. The zero-order valence-corrected chi connectivity index (χ0v) is 22.9. The monoisotopic (exact) mass is 688 g/mol. The number of nitrogens with one attached hydrogen (secondary N) is 1. The number of carbonyl (C=O) groups is 1. The van der Waals surface area contributed by atoms with E-state index in [9.17, 15) is 4.79 Å². The van der Waals surface area contributed by atoms with E-state index in [-0.39, 0.29) is 5.91 Å². The van der Waals surface area contributed by atoms with Crippen LogP contribution in [0.15, 0.2) is 94.8 Å². The number of thioether (sulfide) groups is 1. The minimum atomic E-state index is -0.138. The highest BCUT2D eigenvalue weighted by Crippen LogP contribution is 2.33. The van der Waals surface area contributed by atoms with E-state index in [1.54, 1.807) is 0 Å². The second kappa shape index (κ2) is 10.5. The lowest BCUT2D eigenvalue weighted by Crippen LogP contribution is -2.19. The average molecular weight is 688 g/mol. The molecule has 34 heavy (non-hydrogen) atoms. The lowest BCUT2D eigenvalue weighted by Gasteiger charge is -2.13. The summed E-state index contributed by atoms with van der Waals surface area (Å²) in [4.78, 5) is 17.6. The summed E-state index contributed by atoms with van der Waals surface area (Å²) in [6, 6.07) is 28.3. The van der Waals surface area contributed by atoms with Gasteiger partial charge in [-0.25, -0.2) is 4.99 Å². The quantitative estimate of drug-likeness (QED) is 0.175. The van der Waals surface area contributed by atoms with Gasteiger partial charge in [-0.1, -0.05) is 60.7 Å². The van der Waals surface area contributed by atoms with E-state index in [2.05, 4.69) is 91.9 Å². The zero-order chi connectivity index (χ0) is 23.5. The van der Waals surface area contributed by atoms with Gasteiger partial charge in [0.05, 0.1) is 17.7 Å². The highest BCUT2D eigenvalue weighted by molar-refractivity contribution is 14.1. The van der Waals surface area contributed by atoms with Crippen molar-refractivity contribution in [3.8, 4) is 5.75 Å². The molecule has 1 heterocycles. The van der Waals surface area contributed by atoms with Crippen LogP contribution >= 0.6 is 56.9 Å². The Hall–Kier alpha value is -2.37. The van der Waals surface area contributed by atoms with Crippen LogP contribution in [0.1, 0.15) is 11.1 Å². The maximum absolute atomic E-state index is 12.5. The molecule has 7 heteroatoms. The summed E-state index contributed by atoms with van der Waals surface area (Å²) < 4.78 is 8.25. The fourth-order valence-electron chi connectivity index (χ4n) is 3.62. The molecule has 4 aromatic rings. The van der Waals surface area contributed by atoms with Gasteiger partial charge in [0.2, 0.25) is 0 Å². The molecule has 1 fully saturated rings. The summed E-state index contributed by atoms with van der Waals surface area (Å²) in [6.07, 6.45) is 1.90. The molecule has 168 valence electrons. The Balaban J connectivity index is 1.34. The maximum Gasteiger partial charge on any atom is 0.264 e. The van der Waals surface area contributed by atoms with Gasteiger partial charge >= 0.3 is 0 Å². The van der Waals surface area contributed by atoms with E-state index in [0.29, 0.717) is 16.7 Å². The number of aliphatic imine (C=N–C) groups is 1. The molecule has 0 aliphatic carbocycles. The predicted octanol–water partition coefficient (Wildman–Crippen LogP) is 7.52. The molecular formula is C27H18I2N2O2S. The van der Waals surface area contributed by atoms with E-state index >= 15 is 0 Å². The topological polar surface area (TPSA) is 50.7 Å². The number of carbonyl (C=O) groups excluding carboxylic acids is 1. The first kappa shape index (κ1) is 23.4. The summed E-state index contributed by atoms with van der Waals surface area (Å²) in [5, 5.41) is 5.84. The van der Waals surface area contributed by atoms with Crippen LogP contribution in [0.4, 0.5) is 5.69 Å². The van der Waals surface area contributed by atoms with E-state index in [1.807, 2.05) is 54.6 Å². The number of hydrogen-bond donors (Lipinski definition) is 1. The lowest BCUT2D eigenvalue weighted by atomic mass is 10.1. The molecular weight excluding hydrogens is 670 g/mol. The molecule has 0 atom stereocenters. The summed E-state index contributed by atoms with van der Waals surface area (Å²) in [5.41, 5.74) is 2.91. The lowest BCUT2D eigenvalue weighted by molar-refractivity contribution is -0.115. The minimum absolute atomic E-state index is 0.138. The van der Waals surface area contributed by atoms with Crippen molar-refractivity contribution >= 4 is 90.6 Å². The van der Waals surface area contributed by atoms with Gasteiger partial charge in [-0.15, -0.1) is 0 Å². The molecule has 0 spiro atoms. The minimum Gasteiger partial charge on any atom is -0.487 e. The van der Waals surface area contributed by atoms with Crippen LogP contribution in [0.25, 0.3) is 16.8 Å². The Labute approximate surface area is 229 Å². The van der Waals surface area contributed by atoms with Crippen LogP contribution in [-0.4, -0.2) is 11.1 Å². The van der Waals surface area contributed by atoms with Gasteiger partial charge in [0.1, 0.15) is 12.4 Å². The summed E-state index contributed by atoms with van der Waals surface area (Å²) in [6.45, 7) is 0.491. The van der Waals surface area contributed by atoms with Crippen molar-refractivity contribution in [3.05, 3.63) is 108 Å². The van der Waals surface area contributed by atoms with E-state index < -0.39 is 0 Å². The number of fused-ring (bicyclic) bond motifs is 1. The predicted molar refractivity (Wildman–Crippen MR) is 157 cm³/mol. The number of amides is 1. The van der Waals surface area contributed by atoms with Crippen LogP contribution in [0, 0.1) is 7.14 Å². The first-order valence-corrected chi connectivity index (χ1v) is 13.5. The third-order valence-electron chi connectivity index (χ3n) is 5.21. The Morgan fingerprint density at radius 2 is 1.62 bits per heavy atom. The van der Waals surface area contributed by atoms with E-state index in [1.165, 1.54) is 22.5 Å². The number of rotatable bonds is 5. The van der Waals surface area contributed by atoms with Crippen molar-refractivity contribution in [2.24, 2.45) is 4.99 Å². The first-order valence-electron chi connectivity index (χ1n) is 10.5. The van der Waals surface area contributed by atoms with Gasteiger partial charge in [-0.3, -0.25) is 4.79 Å². The van der Waals surface area contributed by atoms with E-state index in [4.69, 9.17) is 4.74 Å². The van der Waals surface area contributed by atoms with Crippen LogP contribution in [0.2, 0.25) is 0 Å². The van der Waals surface area contributed by atoms with Gasteiger partial charge in [0, 0.05) is 0 Å². The van der Waals surface area contributed by atoms with Crippen molar-refractivity contribution in [2.75, 3.05) is 0 Å². The molecule has 0 aromatic heterocycles. The second-order valence-corrected chi connectivity index (χ2v) is 10.9.